The van der Waals surface area contributed by atoms with E-state index < -0.39 is 0 Å². The van der Waals surface area contributed by atoms with Crippen molar-refractivity contribution in [3.8, 4) is 0 Å². The highest BCUT2D eigenvalue weighted by atomic mass is 14.3. The molecule has 0 saturated heterocycles. The van der Waals surface area contributed by atoms with E-state index in [1.54, 1.807) is 5.57 Å². The fourth-order valence-electron chi connectivity index (χ4n) is 2.91. The third kappa shape index (κ3) is 2.50. The van der Waals surface area contributed by atoms with Crippen LogP contribution in [-0.4, -0.2) is 0 Å². The highest BCUT2D eigenvalue weighted by Crippen LogP contribution is 2.37. The molecule has 0 aliphatic heterocycles. The van der Waals surface area contributed by atoms with Crippen LogP contribution in [-0.2, 0) is 0 Å². The lowest BCUT2D eigenvalue weighted by molar-refractivity contribution is 0.313. The van der Waals surface area contributed by atoms with Gasteiger partial charge in [0.2, 0.25) is 0 Å². The van der Waals surface area contributed by atoms with Crippen molar-refractivity contribution in [1.82, 2.24) is 0 Å². The van der Waals surface area contributed by atoms with Crippen LogP contribution >= 0.6 is 0 Å². The third-order valence-electron chi connectivity index (χ3n) is 3.43. The van der Waals surface area contributed by atoms with Crippen LogP contribution in [0.1, 0.15) is 47.0 Å². The number of hydrogen-bond acceptors (Lipinski definition) is 0. The fourth-order valence-corrected chi connectivity index (χ4v) is 2.91. The quantitative estimate of drug-likeness (QED) is 0.562. The second-order valence-corrected chi connectivity index (χ2v) is 5.04. The van der Waals surface area contributed by atoms with Gasteiger partial charge in [-0.1, -0.05) is 51.5 Å². The van der Waals surface area contributed by atoms with Gasteiger partial charge < -0.3 is 0 Å². The van der Waals surface area contributed by atoms with Gasteiger partial charge in [-0.25, -0.2) is 0 Å². The Labute approximate surface area is 89.1 Å². The molecule has 0 heterocycles. The topological polar surface area (TPSA) is 0 Å². The van der Waals surface area contributed by atoms with Crippen molar-refractivity contribution >= 4 is 0 Å². The Morgan fingerprint density at radius 1 is 1.50 bits per heavy atom. The minimum Gasteiger partial charge on any atom is -0.0995 e. The molecule has 2 unspecified atom stereocenters. The molecule has 0 spiro atoms. The first-order chi connectivity index (χ1) is 6.56. The molecular weight excluding hydrogens is 168 g/mol. The average Bonchev–Trinajstić information content (AvgIpc) is 2.23. The maximum Gasteiger partial charge on any atom is -0.0139 e. The molecule has 14 heavy (non-hydrogen) atoms. The van der Waals surface area contributed by atoms with Crippen LogP contribution in [0.5, 0.6) is 0 Å². The molecular formula is C14H24. The minimum atomic E-state index is 0.766. The first kappa shape index (κ1) is 11.6. The third-order valence-corrected chi connectivity index (χ3v) is 3.43. The maximum atomic E-state index is 4.14. The molecule has 0 aromatic rings. The summed E-state index contributed by atoms with van der Waals surface area (Å²) in [6, 6.07) is 0. The summed E-state index contributed by atoms with van der Waals surface area (Å²) in [5.74, 6) is 2.32. The molecule has 0 heteroatoms. The molecule has 0 saturated carbocycles. The van der Waals surface area contributed by atoms with Gasteiger partial charge >= 0.3 is 0 Å². The van der Waals surface area contributed by atoms with E-state index in [1.165, 1.54) is 18.4 Å². The Balaban J connectivity index is 2.90. The first-order valence-electron chi connectivity index (χ1n) is 5.91. The lowest BCUT2D eigenvalue weighted by atomic mass is 9.77. The summed E-state index contributed by atoms with van der Waals surface area (Å²) < 4.78 is 0. The van der Waals surface area contributed by atoms with Crippen LogP contribution < -0.4 is 0 Å². The van der Waals surface area contributed by atoms with E-state index in [2.05, 4.69) is 40.3 Å². The summed E-state index contributed by atoms with van der Waals surface area (Å²) in [4.78, 5) is 0. The molecule has 0 nitrogen and oxygen atoms in total. The molecule has 0 aromatic carbocycles. The van der Waals surface area contributed by atoms with E-state index in [0.717, 1.165) is 24.2 Å². The molecule has 80 valence electrons. The van der Waals surface area contributed by atoms with Gasteiger partial charge in [0.05, 0.1) is 0 Å². The summed E-state index contributed by atoms with van der Waals surface area (Å²) in [5, 5.41) is 0. The summed E-state index contributed by atoms with van der Waals surface area (Å²) in [6.07, 6.45) is 5.95. The average molecular weight is 192 g/mol. The molecule has 1 aliphatic rings. The lowest BCUT2D eigenvalue weighted by Crippen LogP contribution is -2.19. The van der Waals surface area contributed by atoms with Crippen molar-refractivity contribution in [2.24, 2.45) is 17.8 Å². The molecule has 0 aromatic heterocycles. The molecule has 0 N–H and O–H groups in total. The largest absolute Gasteiger partial charge is 0.0995 e. The second kappa shape index (κ2) is 4.82. The molecule has 1 aliphatic carbocycles. The molecule has 0 amide bonds. The molecule has 1 rings (SSSR count). The summed E-state index contributed by atoms with van der Waals surface area (Å²) in [7, 11) is 0. The Hall–Kier alpha value is -0.520. The molecule has 2 atom stereocenters. The minimum absolute atomic E-state index is 0.766. The van der Waals surface area contributed by atoms with Gasteiger partial charge in [-0.15, -0.1) is 0 Å². The van der Waals surface area contributed by atoms with E-state index in [1.807, 2.05) is 0 Å². The van der Waals surface area contributed by atoms with Crippen molar-refractivity contribution in [2.75, 3.05) is 0 Å². The molecule has 0 radical (unpaired) electrons. The van der Waals surface area contributed by atoms with Gasteiger partial charge in [0.1, 0.15) is 0 Å². The van der Waals surface area contributed by atoms with Crippen LogP contribution in [0.4, 0.5) is 0 Å². The van der Waals surface area contributed by atoms with E-state index in [0.29, 0.717) is 0 Å². The van der Waals surface area contributed by atoms with Crippen molar-refractivity contribution in [1.29, 1.82) is 0 Å². The van der Waals surface area contributed by atoms with E-state index >= 15 is 0 Å². The normalized spacial score (nSPS) is 28.9. The van der Waals surface area contributed by atoms with Gasteiger partial charge in [0.25, 0.3) is 0 Å². The number of hydrogen-bond donors (Lipinski definition) is 0. The highest BCUT2D eigenvalue weighted by molar-refractivity contribution is 5.18. The zero-order valence-corrected chi connectivity index (χ0v) is 10.1. The van der Waals surface area contributed by atoms with Crippen molar-refractivity contribution in [2.45, 2.75) is 47.0 Å². The predicted molar refractivity (Wildman–Crippen MR) is 64.2 cm³/mol. The van der Waals surface area contributed by atoms with Gasteiger partial charge in [0.15, 0.2) is 0 Å². The van der Waals surface area contributed by atoms with Crippen LogP contribution in [0.3, 0.4) is 0 Å². The van der Waals surface area contributed by atoms with E-state index in [-0.39, 0.29) is 0 Å². The Bertz CT molecular complexity index is 232. The fraction of sp³-hybridized carbons (Fsp3) is 0.714. The van der Waals surface area contributed by atoms with E-state index in [9.17, 15) is 0 Å². The Morgan fingerprint density at radius 2 is 2.14 bits per heavy atom. The summed E-state index contributed by atoms with van der Waals surface area (Å²) in [5.41, 5.74) is 3.07. The van der Waals surface area contributed by atoms with Gasteiger partial charge in [0, 0.05) is 0 Å². The molecule has 0 bridgehead atoms. The van der Waals surface area contributed by atoms with Gasteiger partial charge in [-0.3, -0.25) is 0 Å². The second-order valence-electron chi connectivity index (χ2n) is 5.04. The summed E-state index contributed by atoms with van der Waals surface area (Å²) >= 11 is 0. The zero-order chi connectivity index (χ0) is 10.7. The Kier molecular flexibility index (Phi) is 3.97. The van der Waals surface area contributed by atoms with Crippen LogP contribution in [0, 0.1) is 17.8 Å². The van der Waals surface area contributed by atoms with Crippen LogP contribution in [0.2, 0.25) is 0 Å². The highest BCUT2D eigenvalue weighted by Gasteiger charge is 2.25. The van der Waals surface area contributed by atoms with Crippen LogP contribution in [0.25, 0.3) is 0 Å². The number of allylic oxidation sites excluding steroid dienone is 3. The summed E-state index contributed by atoms with van der Waals surface area (Å²) in [6.45, 7) is 13.5. The SMILES string of the molecule is C=C1CC=C(CC)C(C(C)C)C(C)C1. The van der Waals surface area contributed by atoms with Gasteiger partial charge in [-0.05, 0) is 37.0 Å². The standard InChI is InChI=1S/C14H24/c1-6-13-8-7-11(4)9-12(5)14(13)10(2)3/h8,10,12,14H,4,6-7,9H2,1-3,5H3. The number of rotatable bonds is 2. The van der Waals surface area contributed by atoms with Crippen molar-refractivity contribution < 1.29 is 0 Å². The smallest absolute Gasteiger partial charge is 0.0139 e. The Morgan fingerprint density at radius 3 is 2.64 bits per heavy atom. The first-order valence-corrected chi connectivity index (χ1v) is 5.91. The predicted octanol–water partition coefficient (Wildman–Crippen LogP) is 4.58. The van der Waals surface area contributed by atoms with Crippen molar-refractivity contribution in [3.63, 3.8) is 0 Å². The van der Waals surface area contributed by atoms with Gasteiger partial charge in [-0.2, -0.15) is 0 Å². The maximum absolute atomic E-state index is 4.14. The monoisotopic (exact) mass is 192 g/mol. The molecule has 0 fully saturated rings. The van der Waals surface area contributed by atoms with Crippen molar-refractivity contribution in [3.05, 3.63) is 23.8 Å². The zero-order valence-electron chi connectivity index (χ0n) is 10.1. The van der Waals surface area contributed by atoms with Crippen LogP contribution in [0.15, 0.2) is 23.8 Å². The van der Waals surface area contributed by atoms with E-state index in [4.69, 9.17) is 0 Å². The lowest BCUT2D eigenvalue weighted by Gasteiger charge is -2.28.